The Morgan fingerprint density at radius 3 is 1.46 bits per heavy atom. The number of fused-ring (bicyclic) bond motifs is 4. The Kier molecular flexibility index (Phi) is 20.2. The van der Waals surface area contributed by atoms with Crippen LogP contribution in [0.25, 0.3) is 101 Å². The highest BCUT2D eigenvalue weighted by atomic mass is 16.5. The largest absolute Gasteiger partial charge is 0.494 e. The monoisotopic (exact) mass is 1310 g/mol. The van der Waals surface area contributed by atoms with Crippen molar-refractivity contribution in [2.75, 3.05) is 94.4 Å². The molecule has 0 fully saturated rings. The summed E-state index contributed by atoms with van der Waals surface area (Å²) >= 11 is 0. The van der Waals surface area contributed by atoms with E-state index >= 15 is 0 Å². The van der Waals surface area contributed by atoms with Gasteiger partial charge >= 0.3 is 0 Å². The Morgan fingerprint density at radius 2 is 0.929 bits per heavy atom. The van der Waals surface area contributed by atoms with Crippen molar-refractivity contribution in [2.45, 2.75) is 32.4 Å². The predicted molar refractivity (Wildman–Crippen MR) is 382 cm³/mol. The number of rotatable bonds is 30. The average Bonchev–Trinajstić information content (AvgIpc) is 1.64. The summed E-state index contributed by atoms with van der Waals surface area (Å²) in [5.41, 5.74) is 17.5. The van der Waals surface area contributed by atoms with Crippen LogP contribution in [-0.4, -0.2) is 182 Å². The number of aryl methyl sites for hydroxylation is 1. The number of nitrogens with zero attached hydrogens (tertiary/aromatic N) is 10. The third-order valence-electron chi connectivity index (χ3n) is 17.0. The number of imidazole rings is 4. The van der Waals surface area contributed by atoms with Gasteiger partial charge in [-0.1, -0.05) is 65.9 Å². The minimum atomic E-state index is -0.161. The summed E-state index contributed by atoms with van der Waals surface area (Å²) in [6, 6.07) is 55.4. The number of hydrogen-bond acceptors (Lipinski definition) is 14. The van der Waals surface area contributed by atoms with E-state index in [0.717, 1.165) is 131 Å². The van der Waals surface area contributed by atoms with Crippen LogP contribution in [0.15, 0.2) is 176 Å². The molecule has 0 saturated heterocycles. The molecular formula is C76H78N16O6. The Balaban J connectivity index is 0.495. The quantitative estimate of drug-likeness (QED) is 0.0229. The Labute approximate surface area is 566 Å². The molecule has 5 aromatic heterocycles. The molecule has 0 unspecified atom stereocenters. The van der Waals surface area contributed by atoms with Crippen LogP contribution in [0.3, 0.4) is 0 Å². The molecule has 0 aliphatic rings. The molecule has 0 spiro atoms. The maximum Gasteiger partial charge on any atom is 0.253 e. The van der Waals surface area contributed by atoms with Crippen molar-refractivity contribution >= 4 is 61.9 Å². The number of nitrogens with one attached hydrogen (secondary N) is 6. The molecule has 22 heteroatoms. The van der Waals surface area contributed by atoms with Gasteiger partial charge in [0.2, 0.25) is 0 Å². The number of carbonyl (C=O) groups excluding carboxylic acids is 3. The normalized spacial score (nSPS) is 11.7. The number of aromatic nitrogens is 11. The number of ether oxygens (including phenoxy) is 3. The van der Waals surface area contributed by atoms with Crippen LogP contribution in [0.2, 0.25) is 0 Å². The average molecular weight is 1310 g/mol. The molecule has 0 saturated carbocycles. The second-order valence-electron chi connectivity index (χ2n) is 25.0. The lowest BCUT2D eigenvalue weighted by Crippen LogP contribution is -2.31. The van der Waals surface area contributed by atoms with Crippen LogP contribution >= 0.6 is 0 Å². The van der Waals surface area contributed by atoms with Crippen LogP contribution in [-0.2, 0) is 29.0 Å². The van der Waals surface area contributed by atoms with E-state index < -0.39 is 0 Å². The van der Waals surface area contributed by atoms with E-state index in [1.165, 1.54) is 0 Å². The van der Waals surface area contributed by atoms with E-state index in [1.54, 1.807) is 16.6 Å². The van der Waals surface area contributed by atoms with Gasteiger partial charge in [-0.05, 0) is 178 Å². The lowest BCUT2D eigenvalue weighted by molar-refractivity contribution is 0.0322. The fraction of sp³-hybridized carbons (Fsp3) is 0.250. The van der Waals surface area contributed by atoms with Crippen LogP contribution in [0.1, 0.15) is 61.0 Å². The zero-order valence-electron chi connectivity index (χ0n) is 55.6. The molecule has 13 aromatic rings. The number of carbonyl (C=O) groups is 3. The van der Waals surface area contributed by atoms with Gasteiger partial charge < -0.3 is 59.5 Å². The van der Waals surface area contributed by atoms with Gasteiger partial charge in [0.05, 0.1) is 83.4 Å². The number of likely N-dealkylation sites (N-methyl/N-ethyl adjacent to an activating group) is 2. The standard InChI is InChI=1S/C76H78N16O6/c1-89(2)34-7-38-98-61-26-20-52(21-27-61)73-83-65-31-25-59(46-69(65)86-73)58-24-30-64-68(45-58)85-71(82-64)50-12-16-53(17-13-50)74(93)77-32-6-35-92-47-60(87-88-92)48-97-41-40-96-39-37-91(5)76(95)55-10-8-49(9-11-55)42-70-79-62-28-22-56(43-66(62)80-70)57-23-29-63-67(44-57)84-72(81-63)51-14-18-54(19-15-51)75(94)78-33-36-90(3)4/h8-31,43-47H,6-7,32-42,48H2,1-5H3,(H,77,93)(H,78,94)(H,79,80)(H,81,84)(H,82,85)(H,83,86). The van der Waals surface area contributed by atoms with Gasteiger partial charge in [0.1, 0.15) is 34.7 Å². The van der Waals surface area contributed by atoms with E-state index in [9.17, 15) is 14.4 Å². The van der Waals surface area contributed by atoms with Crippen molar-refractivity contribution in [3.8, 4) is 62.2 Å². The van der Waals surface area contributed by atoms with Crippen molar-refractivity contribution < 1.29 is 28.6 Å². The highest BCUT2D eigenvalue weighted by molar-refractivity contribution is 5.96. The summed E-state index contributed by atoms with van der Waals surface area (Å²) in [7, 11) is 9.84. The van der Waals surface area contributed by atoms with E-state index in [2.05, 4.69) is 114 Å². The highest BCUT2D eigenvalue weighted by Gasteiger charge is 2.17. The lowest BCUT2D eigenvalue weighted by atomic mass is 10.0. The number of H-pyrrole nitrogens is 4. The Hall–Kier alpha value is -11.2. The third kappa shape index (κ3) is 16.2. The molecule has 98 heavy (non-hydrogen) atoms. The summed E-state index contributed by atoms with van der Waals surface area (Å²) in [4.78, 5) is 78.3. The maximum absolute atomic E-state index is 13.3. The zero-order valence-corrected chi connectivity index (χ0v) is 55.6. The zero-order chi connectivity index (χ0) is 67.5. The maximum atomic E-state index is 13.3. The van der Waals surface area contributed by atoms with Gasteiger partial charge in [-0.15, -0.1) is 5.10 Å². The Bertz CT molecular complexity index is 4900. The summed E-state index contributed by atoms with van der Waals surface area (Å²) in [5.74, 6) is 3.57. The van der Waals surface area contributed by atoms with Crippen molar-refractivity contribution in [3.63, 3.8) is 0 Å². The Morgan fingerprint density at radius 1 is 0.459 bits per heavy atom. The molecule has 0 atom stereocenters. The van der Waals surface area contributed by atoms with Gasteiger partial charge in [-0.25, -0.2) is 19.9 Å². The third-order valence-corrected chi connectivity index (χ3v) is 17.0. The molecule has 5 heterocycles. The predicted octanol–water partition coefficient (Wildman–Crippen LogP) is 11.5. The van der Waals surface area contributed by atoms with Crippen molar-refractivity contribution in [2.24, 2.45) is 0 Å². The molecule has 0 radical (unpaired) electrons. The lowest BCUT2D eigenvalue weighted by Gasteiger charge is -2.17. The SMILES string of the molecule is CN(C)CCCOc1ccc(-c2nc3cc(-c4ccc5[nH]c(-c6ccc(C(=O)NCCCn7cc(COCCOCCN(C)C(=O)c8ccc(Cc9nc%10cc(-c%11ccc%12[nH]c(-c%13ccc(C(=O)NCCN(C)C)cc%13)nc%12c%11)ccc%10[nH]9)cc8)nn7)cc6)nc5c4)ccc3[nH]2)cc1. The molecule has 22 nitrogen and oxygen atoms in total. The molecule has 0 aliphatic carbocycles. The van der Waals surface area contributed by atoms with Crippen molar-refractivity contribution in [3.05, 3.63) is 210 Å². The molecule has 13 rings (SSSR count). The molecule has 8 aromatic carbocycles. The van der Waals surface area contributed by atoms with E-state index in [-0.39, 0.29) is 24.3 Å². The first-order valence-electron chi connectivity index (χ1n) is 32.9. The molecule has 0 aliphatic heterocycles. The topological polar surface area (TPSA) is 258 Å². The van der Waals surface area contributed by atoms with Crippen LogP contribution in [0, 0.1) is 0 Å². The number of amides is 3. The molecular weight excluding hydrogens is 1230 g/mol. The fourth-order valence-corrected chi connectivity index (χ4v) is 11.6. The summed E-state index contributed by atoms with van der Waals surface area (Å²) < 4.78 is 19.3. The van der Waals surface area contributed by atoms with Crippen molar-refractivity contribution in [1.29, 1.82) is 0 Å². The molecule has 498 valence electrons. The van der Waals surface area contributed by atoms with E-state index in [4.69, 9.17) is 34.1 Å². The smallest absolute Gasteiger partial charge is 0.253 e. The second kappa shape index (κ2) is 30.3. The first-order valence-corrected chi connectivity index (χ1v) is 32.9. The number of aromatic amines is 4. The van der Waals surface area contributed by atoms with Gasteiger partial charge in [0.25, 0.3) is 17.7 Å². The van der Waals surface area contributed by atoms with Crippen LogP contribution < -0.4 is 15.4 Å². The van der Waals surface area contributed by atoms with E-state index in [1.807, 2.05) is 140 Å². The number of benzene rings is 8. The first-order chi connectivity index (χ1) is 47.8. The summed E-state index contributed by atoms with van der Waals surface area (Å²) in [5, 5.41) is 14.4. The van der Waals surface area contributed by atoms with Gasteiger partial charge in [-0.2, -0.15) is 0 Å². The summed E-state index contributed by atoms with van der Waals surface area (Å²) in [6.45, 7) is 5.81. The second-order valence-corrected chi connectivity index (χ2v) is 25.0. The highest BCUT2D eigenvalue weighted by Crippen LogP contribution is 2.32. The number of hydrogen-bond donors (Lipinski definition) is 6. The van der Waals surface area contributed by atoms with Gasteiger partial charge in [-0.3, -0.25) is 19.1 Å². The minimum Gasteiger partial charge on any atom is -0.494 e. The molecule has 6 N–H and O–H groups in total. The van der Waals surface area contributed by atoms with Crippen molar-refractivity contribution in [1.82, 2.24) is 80.2 Å². The van der Waals surface area contributed by atoms with Gasteiger partial charge in [0, 0.05) is 86.1 Å². The fourth-order valence-electron chi connectivity index (χ4n) is 11.6. The van der Waals surface area contributed by atoms with E-state index in [0.29, 0.717) is 93.7 Å². The molecule has 0 bridgehead atoms. The van der Waals surface area contributed by atoms with Gasteiger partial charge in [0.15, 0.2) is 0 Å². The molecule has 3 amide bonds. The summed E-state index contributed by atoms with van der Waals surface area (Å²) in [6.07, 6.45) is 4.04. The van der Waals surface area contributed by atoms with Crippen LogP contribution in [0.4, 0.5) is 0 Å². The van der Waals surface area contributed by atoms with Crippen LogP contribution in [0.5, 0.6) is 5.75 Å². The minimum absolute atomic E-state index is 0.0949. The first kappa shape index (κ1) is 65.5.